The van der Waals surface area contributed by atoms with Gasteiger partial charge in [0.05, 0.1) is 18.2 Å². The highest BCUT2D eigenvalue weighted by Gasteiger charge is 2.34. The minimum absolute atomic E-state index is 0.169. The van der Waals surface area contributed by atoms with Gasteiger partial charge in [-0.3, -0.25) is 0 Å². The number of ether oxygens (including phenoxy) is 1. The van der Waals surface area contributed by atoms with E-state index < -0.39 is 0 Å². The van der Waals surface area contributed by atoms with Crippen molar-refractivity contribution in [3.63, 3.8) is 0 Å². The number of hydrogen-bond donors (Lipinski definition) is 1. The Morgan fingerprint density at radius 1 is 1.09 bits per heavy atom. The molecular weight excluding hydrogens is 444 g/mol. The maximum atomic E-state index is 5.83. The first-order chi connectivity index (χ1) is 16.4. The van der Waals surface area contributed by atoms with Crippen molar-refractivity contribution in [1.29, 1.82) is 0 Å². The summed E-state index contributed by atoms with van der Waals surface area (Å²) in [4.78, 5) is 6.94. The number of nitrogens with zero attached hydrogens (tertiary/aromatic N) is 3. The zero-order valence-electron chi connectivity index (χ0n) is 20.5. The van der Waals surface area contributed by atoms with Gasteiger partial charge in [0.1, 0.15) is 5.75 Å². The van der Waals surface area contributed by atoms with Crippen LogP contribution < -0.4 is 10.1 Å². The molecule has 2 aromatic carbocycles. The number of benzene rings is 2. The molecule has 34 heavy (non-hydrogen) atoms. The molecule has 1 unspecified atom stereocenters. The Kier molecular flexibility index (Phi) is 7.32. The molecule has 1 aliphatic rings. The van der Waals surface area contributed by atoms with Crippen LogP contribution in [-0.2, 0) is 0 Å². The topological polar surface area (TPSA) is 63.4 Å². The van der Waals surface area contributed by atoms with Gasteiger partial charge in [-0.05, 0) is 75.2 Å². The van der Waals surface area contributed by atoms with Gasteiger partial charge < -0.3 is 19.5 Å². The number of allylic oxidation sites excluding steroid dienone is 1. The molecule has 0 fully saturated rings. The molecule has 4 rings (SSSR count). The van der Waals surface area contributed by atoms with E-state index in [0.717, 1.165) is 46.2 Å². The van der Waals surface area contributed by atoms with Gasteiger partial charge in [0.2, 0.25) is 5.82 Å². The maximum absolute atomic E-state index is 5.83. The van der Waals surface area contributed by atoms with E-state index in [-0.39, 0.29) is 6.04 Å². The Hall–Kier alpha value is -3.19. The second kappa shape index (κ2) is 10.4. The Labute approximate surface area is 207 Å². The van der Waals surface area contributed by atoms with Crippen LogP contribution in [0.1, 0.15) is 57.2 Å². The predicted molar refractivity (Wildman–Crippen MR) is 139 cm³/mol. The summed E-state index contributed by atoms with van der Waals surface area (Å²) >= 11 is 5.78. The molecule has 0 bridgehead atoms. The summed E-state index contributed by atoms with van der Waals surface area (Å²) in [6, 6.07) is 16.0. The van der Waals surface area contributed by atoms with Crippen LogP contribution in [0.4, 0.5) is 0 Å². The van der Waals surface area contributed by atoms with Gasteiger partial charge in [-0.15, -0.1) is 0 Å². The Morgan fingerprint density at radius 2 is 1.79 bits per heavy atom. The molecule has 0 radical (unpaired) electrons. The third-order valence-corrected chi connectivity index (χ3v) is 6.36. The maximum Gasteiger partial charge on any atom is 0.258 e. The van der Waals surface area contributed by atoms with Crippen molar-refractivity contribution >= 4 is 22.9 Å². The van der Waals surface area contributed by atoms with Gasteiger partial charge in [-0.1, -0.05) is 48.8 Å². The zero-order valence-corrected chi connectivity index (χ0v) is 21.3. The molecule has 0 saturated carbocycles. The van der Waals surface area contributed by atoms with Gasteiger partial charge in [0.15, 0.2) is 5.11 Å². The lowest BCUT2D eigenvalue weighted by molar-refractivity contribution is 0.340. The molecule has 0 spiro atoms. The summed E-state index contributed by atoms with van der Waals surface area (Å²) in [5.41, 5.74) is 5.17. The summed E-state index contributed by atoms with van der Waals surface area (Å²) in [5, 5.41) is 8.54. The SMILES string of the molecule is CCOc1ccc(-c2noc(C3=C(C)N(CCC(C)C)C(=S)NC3c3ccc(C)cc3)n2)cc1. The van der Waals surface area contributed by atoms with E-state index >= 15 is 0 Å². The van der Waals surface area contributed by atoms with Crippen LogP contribution in [0.25, 0.3) is 17.0 Å². The second-order valence-electron chi connectivity index (χ2n) is 9.01. The summed E-state index contributed by atoms with van der Waals surface area (Å²) in [6.07, 6.45) is 1.03. The fourth-order valence-corrected chi connectivity index (χ4v) is 4.39. The van der Waals surface area contributed by atoms with Crippen molar-refractivity contribution in [1.82, 2.24) is 20.4 Å². The second-order valence-corrected chi connectivity index (χ2v) is 9.39. The standard InChI is InChI=1S/C27H32N4O2S/c1-6-32-22-13-11-21(12-14-22)25-29-26(33-30-25)23-19(5)31(16-15-17(2)3)27(34)28-24(23)20-9-7-18(4)8-10-20/h7-14,17,24H,6,15-16H2,1-5H3,(H,28,34). The molecule has 1 atom stereocenters. The first-order valence-electron chi connectivity index (χ1n) is 11.8. The Bertz CT molecular complexity index is 1170. The van der Waals surface area contributed by atoms with Gasteiger partial charge in [0, 0.05) is 17.8 Å². The van der Waals surface area contributed by atoms with Gasteiger partial charge in [0.25, 0.3) is 5.89 Å². The molecule has 178 valence electrons. The van der Waals surface area contributed by atoms with E-state index in [1.807, 2.05) is 31.2 Å². The highest BCUT2D eigenvalue weighted by atomic mass is 32.1. The third kappa shape index (κ3) is 5.14. The normalized spacial score (nSPS) is 16.2. The number of hydrogen-bond acceptors (Lipinski definition) is 5. The Balaban J connectivity index is 1.73. The summed E-state index contributed by atoms with van der Waals surface area (Å²) < 4.78 is 11.4. The average molecular weight is 477 g/mol. The lowest BCUT2D eigenvalue weighted by atomic mass is 9.94. The monoisotopic (exact) mass is 476 g/mol. The molecule has 1 aromatic heterocycles. The smallest absolute Gasteiger partial charge is 0.258 e. The first kappa shape index (κ1) is 24.0. The van der Waals surface area contributed by atoms with E-state index in [4.69, 9.17) is 26.5 Å². The van der Waals surface area contributed by atoms with Crippen molar-refractivity contribution in [2.24, 2.45) is 5.92 Å². The molecule has 1 N–H and O–H groups in total. The predicted octanol–water partition coefficient (Wildman–Crippen LogP) is 6.15. The van der Waals surface area contributed by atoms with Gasteiger partial charge in [-0.2, -0.15) is 4.98 Å². The van der Waals surface area contributed by atoms with Crippen molar-refractivity contribution in [2.75, 3.05) is 13.2 Å². The van der Waals surface area contributed by atoms with E-state index in [0.29, 0.717) is 24.2 Å². The van der Waals surface area contributed by atoms with Crippen LogP contribution in [0.5, 0.6) is 5.75 Å². The van der Waals surface area contributed by atoms with E-state index in [9.17, 15) is 0 Å². The molecule has 7 heteroatoms. The molecule has 1 aliphatic heterocycles. The van der Waals surface area contributed by atoms with E-state index in [2.05, 4.69) is 67.3 Å². The quantitative estimate of drug-likeness (QED) is 0.391. The van der Waals surface area contributed by atoms with Gasteiger partial charge >= 0.3 is 0 Å². The zero-order chi connectivity index (χ0) is 24.2. The number of rotatable bonds is 8. The van der Waals surface area contributed by atoms with Crippen molar-refractivity contribution < 1.29 is 9.26 Å². The molecule has 0 saturated heterocycles. The van der Waals surface area contributed by atoms with Crippen LogP contribution in [0.2, 0.25) is 0 Å². The van der Waals surface area contributed by atoms with Gasteiger partial charge in [-0.25, -0.2) is 0 Å². The van der Waals surface area contributed by atoms with E-state index in [1.165, 1.54) is 5.56 Å². The van der Waals surface area contributed by atoms with Crippen molar-refractivity contribution in [2.45, 2.75) is 47.1 Å². The lowest BCUT2D eigenvalue weighted by Gasteiger charge is -2.37. The Morgan fingerprint density at radius 3 is 2.44 bits per heavy atom. The molecule has 6 nitrogen and oxygen atoms in total. The van der Waals surface area contributed by atoms with E-state index in [1.54, 1.807) is 0 Å². The molecule has 3 aromatic rings. The summed E-state index contributed by atoms with van der Waals surface area (Å²) in [6.45, 7) is 12.0. The molecular formula is C27H32N4O2S. The minimum atomic E-state index is -0.169. The number of thiocarbonyl (C=S) groups is 1. The molecule has 0 amide bonds. The van der Waals surface area contributed by atoms with Crippen LogP contribution in [0, 0.1) is 12.8 Å². The lowest BCUT2D eigenvalue weighted by Crippen LogP contribution is -2.46. The third-order valence-electron chi connectivity index (χ3n) is 6.02. The average Bonchev–Trinajstić information content (AvgIpc) is 3.29. The van der Waals surface area contributed by atoms with Crippen molar-refractivity contribution in [3.8, 4) is 17.1 Å². The fraction of sp³-hybridized carbons (Fsp3) is 0.370. The van der Waals surface area contributed by atoms with Crippen LogP contribution in [0.15, 0.2) is 58.8 Å². The highest BCUT2D eigenvalue weighted by molar-refractivity contribution is 7.80. The van der Waals surface area contributed by atoms with Crippen LogP contribution >= 0.6 is 12.2 Å². The molecule has 0 aliphatic carbocycles. The number of nitrogens with one attached hydrogen (secondary N) is 1. The van der Waals surface area contributed by atoms with Crippen LogP contribution in [0.3, 0.4) is 0 Å². The number of aryl methyl sites for hydroxylation is 1. The highest BCUT2D eigenvalue weighted by Crippen LogP contribution is 2.37. The van der Waals surface area contributed by atoms with Crippen LogP contribution in [-0.4, -0.2) is 33.3 Å². The summed E-state index contributed by atoms with van der Waals surface area (Å²) in [5.74, 6) is 2.43. The van der Waals surface area contributed by atoms with Crippen molar-refractivity contribution in [3.05, 3.63) is 71.2 Å². The minimum Gasteiger partial charge on any atom is -0.494 e. The molecule has 2 heterocycles. The fourth-order valence-electron chi connectivity index (χ4n) is 4.04. The number of aromatic nitrogens is 2. The largest absolute Gasteiger partial charge is 0.494 e. The summed E-state index contributed by atoms with van der Waals surface area (Å²) in [7, 11) is 0. The first-order valence-corrected chi connectivity index (χ1v) is 12.2.